The SMILES string of the molecule is N#CCc1nc2ccccc2n1CC(=O)c1cccs1. The van der Waals surface area contributed by atoms with Crippen LogP contribution in [0.25, 0.3) is 11.0 Å². The van der Waals surface area contributed by atoms with Gasteiger partial charge in [0.15, 0.2) is 5.78 Å². The summed E-state index contributed by atoms with van der Waals surface area (Å²) in [6.07, 6.45) is 0.201. The number of Topliss-reactive ketones (excluding diaryl/α,β-unsaturated/α-hetero) is 1. The smallest absolute Gasteiger partial charge is 0.192 e. The molecule has 0 saturated carbocycles. The number of aromatic nitrogens is 2. The Balaban J connectivity index is 2.03. The Labute approximate surface area is 119 Å². The number of hydrogen-bond donors (Lipinski definition) is 0. The van der Waals surface area contributed by atoms with E-state index < -0.39 is 0 Å². The number of benzene rings is 1. The van der Waals surface area contributed by atoms with Gasteiger partial charge >= 0.3 is 0 Å². The van der Waals surface area contributed by atoms with E-state index in [4.69, 9.17) is 5.26 Å². The van der Waals surface area contributed by atoms with E-state index in [1.165, 1.54) is 11.3 Å². The molecule has 20 heavy (non-hydrogen) atoms. The lowest BCUT2D eigenvalue weighted by atomic mass is 10.3. The number of nitriles is 1. The van der Waals surface area contributed by atoms with Crippen molar-refractivity contribution < 1.29 is 4.79 Å². The van der Waals surface area contributed by atoms with Gasteiger partial charge in [0.05, 0.1) is 34.9 Å². The molecule has 1 aromatic carbocycles. The molecular formula is C15H11N3OS. The van der Waals surface area contributed by atoms with Crippen molar-refractivity contribution in [3.63, 3.8) is 0 Å². The maximum atomic E-state index is 12.3. The first-order valence-corrected chi connectivity index (χ1v) is 7.05. The fraction of sp³-hybridized carbons (Fsp3) is 0.133. The Morgan fingerprint density at radius 2 is 2.15 bits per heavy atom. The van der Waals surface area contributed by atoms with E-state index in [-0.39, 0.29) is 18.7 Å². The van der Waals surface area contributed by atoms with Crippen molar-refractivity contribution >= 4 is 28.2 Å². The molecule has 0 amide bonds. The molecule has 0 aliphatic carbocycles. The first-order valence-electron chi connectivity index (χ1n) is 6.17. The molecule has 4 nitrogen and oxygen atoms in total. The fourth-order valence-corrected chi connectivity index (χ4v) is 2.82. The van der Waals surface area contributed by atoms with Crippen LogP contribution in [0.2, 0.25) is 0 Å². The Morgan fingerprint density at radius 3 is 2.90 bits per heavy atom. The minimum absolute atomic E-state index is 0.0438. The van der Waals surface area contributed by atoms with E-state index in [1.807, 2.05) is 46.3 Å². The van der Waals surface area contributed by atoms with Crippen LogP contribution in [0.1, 0.15) is 15.5 Å². The summed E-state index contributed by atoms with van der Waals surface area (Å²) in [5.41, 5.74) is 1.71. The van der Waals surface area contributed by atoms with Gasteiger partial charge in [0.25, 0.3) is 0 Å². The average Bonchev–Trinajstić information content (AvgIpc) is 3.08. The first-order chi connectivity index (χ1) is 9.79. The number of para-hydroxylation sites is 2. The van der Waals surface area contributed by atoms with E-state index in [0.717, 1.165) is 15.9 Å². The van der Waals surface area contributed by atoms with Crippen LogP contribution < -0.4 is 0 Å². The largest absolute Gasteiger partial charge is 0.319 e. The van der Waals surface area contributed by atoms with Gasteiger partial charge in [-0.25, -0.2) is 4.98 Å². The Bertz CT molecular complexity index is 796. The predicted octanol–water partition coefficient (Wildman–Crippen LogP) is 3.05. The third-order valence-electron chi connectivity index (χ3n) is 3.07. The number of fused-ring (bicyclic) bond motifs is 1. The quantitative estimate of drug-likeness (QED) is 0.691. The number of ketones is 1. The lowest BCUT2D eigenvalue weighted by Gasteiger charge is -2.05. The zero-order valence-electron chi connectivity index (χ0n) is 10.6. The molecule has 3 aromatic rings. The molecule has 0 bridgehead atoms. The minimum atomic E-state index is 0.0438. The van der Waals surface area contributed by atoms with Gasteiger partial charge in [-0.3, -0.25) is 4.79 Å². The molecule has 0 N–H and O–H groups in total. The molecule has 0 spiro atoms. The number of rotatable bonds is 4. The molecule has 5 heteroatoms. The molecular weight excluding hydrogens is 270 g/mol. The van der Waals surface area contributed by atoms with E-state index in [1.54, 1.807) is 0 Å². The summed E-state index contributed by atoms with van der Waals surface area (Å²) in [6.45, 7) is 0.220. The second kappa shape index (κ2) is 5.27. The molecule has 0 fully saturated rings. The van der Waals surface area contributed by atoms with Crippen molar-refractivity contribution in [2.24, 2.45) is 0 Å². The minimum Gasteiger partial charge on any atom is -0.319 e. The van der Waals surface area contributed by atoms with Crippen LogP contribution in [-0.2, 0) is 13.0 Å². The highest BCUT2D eigenvalue weighted by molar-refractivity contribution is 7.12. The number of hydrogen-bond acceptors (Lipinski definition) is 4. The zero-order valence-corrected chi connectivity index (χ0v) is 11.4. The second-order valence-corrected chi connectivity index (χ2v) is 5.29. The molecule has 0 radical (unpaired) electrons. The monoisotopic (exact) mass is 281 g/mol. The summed E-state index contributed by atoms with van der Waals surface area (Å²) in [5.74, 6) is 0.681. The lowest BCUT2D eigenvalue weighted by molar-refractivity contribution is 0.0976. The number of thiophene rings is 1. The van der Waals surface area contributed by atoms with Crippen LogP contribution in [0.3, 0.4) is 0 Å². The molecule has 0 unspecified atom stereocenters. The maximum Gasteiger partial charge on any atom is 0.192 e. The molecule has 0 aliphatic heterocycles. The van der Waals surface area contributed by atoms with Gasteiger partial charge in [-0.2, -0.15) is 5.26 Å². The van der Waals surface area contributed by atoms with Crippen LogP contribution in [0.15, 0.2) is 41.8 Å². The molecule has 2 heterocycles. The van der Waals surface area contributed by atoms with E-state index in [9.17, 15) is 4.79 Å². The summed E-state index contributed by atoms with van der Waals surface area (Å²) >= 11 is 1.43. The van der Waals surface area contributed by atoms with Crippen molar-refractivity contribution in [3.05, 3.63) is 52.5 Å². The van der Waals surface area contributed by atoms with Crippen LogP contribution >= 0.6 is 11.3 Å². The standard InChI is InChI=1S/C15H11N3OS/c16-8-7-15-17-11-4-1-2-5-12(11)18(15)10-13(19)14-6-3-9-20-14/h1-6,9H,7,10H2. The number of nitrogens with zero attached hydrogens (tertiary/aromatic N) is 3. The van der Waals surface area contributed by atoms with Crippen LogP contribution in [0, 0.1) is 11.3 Å². The zero-order chi connectivity index (χ0) is 13.9. The summed E-state index contributed by atoms with van der Waals surface area (Å²) in [5, 5.41) is 10.8. The fourth-order valence-electron chi connectivity index (χ4n) is 2.17. The van der Waals surface area contributed by atoms with Crippen molar-refractivity contribution in [3.8, 4) is 6.07 Å². The third kappa shape index (κ3) is 2.22. The van der Waals surface area contributed by atoms with Crippen LogP contribution in [0.5, 0.6) is 0 Å². The summed E-state index contributed by atoms with van der Waals surface area (Å²) in [4.78, 5) is 17.4. The van der Waals surface area contributed by atoms with Crippen molar-refractivity contribution in [2.45, 2.75) is 13.0 Å². The van der Waals surface area contributed by atoms with Crippen LogP contribution in [-0.4, -0.2) is 15.3 Å². The van der Waals surface area contributed by atoms with Gasteiger partial charge in [-0.1, -0.05) is 18.2 Å². The highest BCUT2D eigenvalue weighted by Crippen LogP contribution is 2.18. The predicted molar refractivity (Wildman–Crippen MR) is 77.7 cm³/mol. The molecule has 2 aromatic heterocycles. The number of imidazole rings is 1. The molecule has 3 rings (SSSR count). The van der Waals surface area contributed by atoms with Gasteiger partial charge in [-0.05, 0) is 23.6 Å². The van der Waals surface area contributed by atoms with Gasteiger partial charge in [-0.15, -0.1) is 11.3 Å². The Morgan fingerprint density at radius 1 is 1.30 bits per heavy atom. The summed E-state index contributed by atoms with van der Waals surface area (Å²) < 4.78 is 1.83. The second-order valence-electron chi connectivity index (χ2n) is 4.34. The topological polar surface area (TPSA) is 58.7 Å². The van der Waals surface area contributed by atoms with Gasteiger partial charge in [0.2, 0.25) is 0 Å². The van der Waals surface area contributed by atoms with Gasteiger partial charge in [0.1, 0.15) is 5.82 Å². The van der Waals surface area contributed by atoms with Crippen molar-refractivity contribution in [1.29, 1.82) is 5.26 Å². The van der Waals surface area contributed by atoms with Gasteiger partial charge in [0, 0.05) is 0 Å². The van der Waals surface area contributed by atoms with Crippen LogP contribution in [0.4, 0.5) is 0 Å². The number of carbonyl (C=O) groups is 1. The average molecular weight is 281 g/mol. The van der Waals surface area contributed by atoms with Crippen molar-refractivity contribution in [1.82, 2.24) is 9.55 Å². The molecule has 0 saturated heterocycles. The molecule has 0 atom stereocenters. The van der Waals surface area contributed by atoms with E-state index >= 15 is 0 Å². The van der Waals surface area contributed by atoms with Gasteiger partial charge < -0.3 is 4.57 Å². The summed E-state index contributed by atoms with van der Waals surface area (Å²) in [6, 6.07) is 13.4. The summed E-state index contributed by atoms with van der Waals surface area (Å²) in [7, 11) is 0. The highest BCUT2D eigenvalue weighted by Gasteiger charge is 2.14. The first kappa shape index (κ1) is 12.6. The van der Waals surface area contributed by atoms with E-state index in [2.05, 4.69) is 11.1 Å². The highest BCUT2D eigenvalue weighted by atomic mass is 32.1. The van der Waals surface area contributed by atoms with E-state index in [0.29, 0.717) is 5.82 Å². The number of carbonyl (C=O) groups excluding carboxylic acids is 1. The normalized spacial score (nSPS) is 10.6. The molecule has 98 valence electrons. The third-order valence-corrected chi connectivity index (χ3v) is 3.98. The Hall–Kier alpha value is -2.45. The lowest BCUT2D eigenvalue weighted by Crippen LogP contribution is -2.12. The molecule has 0 aliphatic rings. The Kier molecular flexibility index (Phi) is 3.32. The van der Waals surface area contributed by atoms with Crippen molar-refractivity contribution in [2.75, 3.05) is 0 Å². The maximum absolute atomic E-state index is 12.3.